The largest absolute Gasteiger partial charge is 0.366 e. The van der Waals surface area contributed by atoms with Gasteiger partial charge >= 0.3 is 6.03 Å². The highest BCUT2D eigenvalue weighted by Gasteiger charge is 2.47. The van der Waals surface area contributed by atoms with E-state index in [1.807, 2.05) is 12.1 Å². The van der Waals surface area contributed by atoms with Crippen molar-refractivity contribution in [2.45, 2.75) is 38.1 Å². The molecule has 1 aliphatic heterocycles. The molecule has 0 bridgehead atoms. The average Bonchev–Trinajstić information content (AvgIpc) is 3.00. The molecular formula is C23H23N3O3. The van der Waals surface area contributed by atoms with E-state index >= 15 is 0 Å². The molecule has 4 rings (SSSR count). The van der Waals surface area contributed by atoms with E-state index in [0.717, 1.165) is 37.0 Å². The summed E-state index contributed by atoms with van der Waals surface area (Å²) in [6, 6.07) is 17.1. The number of anilines is 1. The first-order valence-electron chi connectivity index (χ1n) is 9.92. The van der Waals surface area contributed by atoms with Gasteiger partial charge in [0.15, 0.2) is 0 Å². The Balaban J connectivity index is 1.91. The maximum atomic E-state index is 13.5. The summed E-state index contributed by atoms with van der Waals surface area (Å²) in [5, 5.41) is 0. The molecule has 0 aromatic heterocycles. The number of imide groups is 1. The number of primary amides is 1. The van der Waals surface area contributed by atoms with Crippen molar-refractivity contribution in [3.05, 3.63) is 71.9 Å². The monoisotopic (exact) mass is 389 g/mol. The fourth-order valence-corrected chi connectivity index (χ4v) is 4.21. The first-order chi connectivity index (χ1) is 14.1. The van der Waals surface area contributed by atoms with Crippen LogP contribution in [0.15, 0.2) is 66.4 Å². The van der Waals surface area contributed by atoms with Gasteiger partial charge in [-0.3, -0.25) is 14.5 Å². The molecule has 6 nitrogen and oxygen atoms in total. The van der Waals surface area contributed by atoms with Crippen molar-refractivity contribution in [3.8, 4) is 0 Å². The molecule has 29 heavy (non-hydrogen) atoms. The van der Waals surface area contributed by atoms with Crippen molar-refractivity contribution in [1.29, 1.82) is 0 Å². The Morgan fingerprint density at radius 3 is 2.03 bits per heavy atom. The zero-order chi connectivity index (χ0) is 20.4. The Kier molecular flexibility index (Phi) is 5.16. The maximum absolute atomic E-state index is 13.5. The van der Waals surface area contributed by atoms with Crippen LogP contribution in [0, 0.1) is 0 Å². The minimum absolute atomic E-state index is 0.0875. The summed E-state index contributed by atoms with van der Waals surface area (Å²) in [6.45, 7) is 0. The molecule has 1 heterocycles. The molecule has 0 spiro atoms. The second-order valence-corrected chi connectivity index (χ2v) is 7.37. The predicted molar refractivity (Wildman–Crippen MR) is 111 cm³/mol. The second kappa shape index (κ2) is 7.91. The van der Waals surface area contributed by atoms with Crippen LogP contribution >= 0.6 is 0 Å². The normalized spacial score (nSPS) is 19.6. The number of hydrogen-bond acceptors (Lipinski definition) is 3. The van der Waals surface area contributed by atoms with Gasteiger partial charge in [0.05, 0.1) is 11.3 Å². The third-order valence-electron chi connectivity index (χ3n) is 5.54. The Morgan fingerprint density at radius 2 is 1.45 bits per heavy atom. The molecule has 2 N–H and O–H groups in total. The number of amides is 4. The third-order valence-corrected chi connectivity index (χ3v) is 5.54. The maximum Gasteiger partial charge on any atom is 0.336 e. The van der Waals surface area contributed by atoms with Crippen LogP contribution in [0.3, 0.4) is 0 Å². The summed E-state index contributed by atoms with van der Waals surface area (Å²) >= 11 is 0. The lowest BCUT2D eigenvalue weighted by Gasteiger charge is -2.31. The summed E-state index contributed by atoms with van der Waals surface area (Å²) in [7, 11) is 0. The number of nitrogens with two attached hydrogens (primary N) is 1. The molecule has 1 saturated heterocycles. The quantitative estimate of drug-likeness (QED) is 0.639. The van der Waals surface area contributed by atoms with Crippen molar-refractivity contribution >= 4 is 29.1 Å². The van der Waals surface area contributed by atoms with E-state index in [-0.39, 0.29) is 17.3 Å². The van der Waals surface area contributed by atoms with Crippen LogP contribution < -0.4 is 10.6 Å². The molecule has 0 unspecified atom stereocenters. The predicted octanol–water partition coefficient (Wildman–Crippen LogP) is 3.68. The van der Waals surface area contributed by atoms with Gasteiger partial charge in [-0.25, -0.2) is 9.69 Å². The highest BCUT2D eigenvalue weighted by atomic mass is 16.2. The molecule has 2 fully saturated rings. The van der Waals surface area contributed by atoms with Crippen LogP contribution in [0.1, 0.15) is 37.7 Å². The number of carbonyl (C=O) groups is 3. The topological polar surface area (TPSA) is 83.7 Å². The third kappa shape index (κ3) is 3.42. The fourth-order valence-electron chi connectivity index (χ4n) is 4.21. The molecule has 1 aliphatic carbocycles. The van der Waals surface area contributed by atoms with Gasteiger partial charge in [0.25, 0.3) is 11.8 Å². The van der Waals surface area contributed by atoms with Crippen LogP contribution in [0.5, 0.6) is 0 Å². The highest BCUT2D eigenvalue weighted by molar-refractivity contribution is 6.35. The first kappa shape index (κ1) is 18.9. The number of hydrogen-bond donors (Lipinski definition) is 1. The minimum atomic E-state index is -0.719. The van der Waals surface area contributed by atoms with E-state index in [4.69, 9.17) is 5.73 Å². The molecule has 0 radical (unpaired) electrons. The number of benzene rings is 2. The molecular weight excluding hydrogens is 366 g/mol. The smallest absolute Gasteiger partial charge is 0.336 e. The summed E-state index contributed by atoms with van der Waals surface area (Å²) in [6.07, 6.45) is 4.67. The van der Waals surface area contributed by atoms with Gasteiger partial charge < -0.3 is 5.73 Å². The SMILES string of the molecule is NC(=O)/C(=C1/C(=O)N(c2ccccc2)C(=O)N1C1CCCCC1)c1ccccc1. The lowest BCUT2D eigenvalue weighted by atomic mass is 9.93. The van der Waals surface area contributed by atoms with Crippen LogP contribution in [0.4, 0.5) is 10.5 Å². The van der Waals surface area contributed by atoms with E-state index in [1.54, 1.807) is 48.5 Å². The Bertz CT molecular complexity index is 963. The summed E-state index contributed by atoms with van der Waals surface area (Å²) < 4.78 is 0. The molecule has 0 atom stereocenters. The first-order valence-corrected chi connectivity index (χ1v) is 9.92. The Morgan fingerprint density at radius 1 is 0.862 bits per heavy atom. The molecule has 6 heteroatoms. The van der Waals surface area contributed by atoms with Gasteiger partial charge in [-0.2, -0.15) is 0 Å². The average molecular weight is 389 g/mol. The zero-order valence-corrected chi connectivity index (χ0v) is 16.1. The van der Waals surface area contributed by atoms with Crippen molar-refractivity contribution in [2.75, 3.05) is 4.90 Å². The fraction of sp³-hybridized carbons (Fsp3) is 0.261. The van der Waals surface area contributed by atoms with Gasteiger partial charge in [-0.05, 0) is 30.5 Å². The van der Waals surface area contributed by atoms with Crippen LogP contribution in [-0.2, 0) is 9.59 Å². The number of carbonyl (C=O) groups excluding carboxylic acids is 3. The molecule has 2 aromatic rings. The van der Waals surface area contributed by atoms with Crippen molar-refractivity contribution in [2.24, 2.45) is 5.73 Å². The van der Waals surface area contributed by atoms with Gasteiger partial charge in [0.1, 0.15) is 5.70 Å². The highest BCUT2D eigenvalue weighted by Crippen LogP contribution is 2.37. The number of urea groups is 1. The van der Waals surface area contributed by atoms with Crippen LogP contribution in [0.25, 0.3) is 5.57 Å². The van der Waals surface area contributed by atoms with Crippen LogP contribution in [0.2, 0.25) is 0 Å². The van der Waals surface area contributed by atoms with E-state index < -0.39 is 17.8 Å². The molecule has 148 valence electrons. The summed E-state index contributed by atoms with van der Waals surface area (Å²) in [5.41, 5.74) is 6.92. The standard InChI is InChI=1S/C23H23N3O3/c24-21(27)19(16-10-4-1-5-11-16)20-22(28)26(18-14-8-3-9-15-18)23(29)25(20)17-12-6-2-7-13-17/h1,3-5,8-11,14-15,17H,2,6-7,12-13H2,(H2,24,27)/b20-19-. The molecule has 1 saturated carbocycles. The second-order valence-electron chi connectivity index (χ2n) is 7.37. The van der Waals surface area contributed by atoms with Gasteiger partial charge in [0.2, 0.25) is 0 Å². The van der Waals surface area contributed by atoms with Crippen molar-refractivity contribution < 1.29 is 14.4 Å². The van der Waals surface area contributed by atoms with Crippen LogP contribution in [-0.4, -0.2) is 28.8 Å². The summed E-state index contributed by atoms with van der Waals surface area (Å²) in [4.78, 5) is 42.0. The molecule has 4 amide bonds. The van der Waals surface area contributed by atoms with Crippen molar-refractivity contribution in [1.82, 2.24) is 4.90 Å². The van der Waals surface area contributed by atoms with E-state index in [0.29, 0.717) is 11.3 Å². The lowest BCUT2D eigenvalue weighted by molar-refractivity contribution is -0.116. The molecule has 2 aliphatic rings. The van der Waals surface area contributed by atoms with Gasteiger partial charge in [-0.1, -0.05) is 67.8 Å². The summed E-state index contributed by atoms with van der Waals surface area (Å²) in [5.74, 6) is -1.23. The number of rotatable bonds is 4. The number of nitrogens with zero attached hydrogens (tertiary/aromatic N) is 2. The minimum Gasteiger partial charge on any atom is -0.366 e. The van der Waals surface area contributed by atoms with E-state index in [2.05, 4.69) is 0 Å². The lowest BCUT2D eigenvalue weighted by Crippen LogP contribution is -2.40. The Hall–Kier alpha value is -3.41. The Labute approximate surface area is 169 Å². The number of para-hydroxylation sites is 1. The van der Waals surface area contributed by atoms with Gasteiger partial charge in [-0.15, -0.1) is 0 Å². The van der Waals surface area contributed by atoms with Gasteiger partial charge in [0, 0.05) is 6.04 Å². The van der Waals surface area contributed by atoms with E-state index in [1.165, 1.54) is 4.90 Å². The van der Waals surface area contributed by atoms with E-state index in [9.17, 15) is 14.4 Å². The molecule has 2 aromatic carbocycles. The van der Waals surface area contributed by atoms with Crippen molar-refractivity contribution in [3.63, 3.8) is 0 Å². The zero-order valence-electron chi connectivity index (χ0n) is 16.1.